The van der Waals surface area contributed by atoms with Crippen molar-refractivity contribution >= 4 is 78.0 Å². The summed E-state index contributed by atoms with van der Waals surface area (Å²) in [7, 11) is 0. The van der Waals surface area contributed by atoms with E-state index < -0.39 is 0 Å². The molecule has 0 unspecified atom stereocenters. The molecule has 2 aliphatic carbocycles. The lowest BCUT2D eigenvalue weighted by Gasteiger charge is -2.45. The normalized spacial score (nSPS) is 19.1. The number of hydrogen-bond donors (Lipinski definition) is 0. The smallest absolute Gasteiger partial charge is 0.264 e. The Hall–Kier alpha value is -4.28. The van der Waals surface area contributed by atoms with Crippen LogP contribution >= 0.6 is 11.3 Å². The van der Waals surface area contributed by atoms with Gasteiger partial charge in [0.2, 0.25) is 0 Å². The van der Waals surface area contributed by atoms with E-state index in [9.17, 15) is 0 Å². The first-order chi connectivity index (χ1) is 28.8. The van der Waals surface area contributed by atoms with E-state index in [4.69, 9.17) is 0 Å². The zero-order valence-electron chi connectivity index (χ0n) is 40.7. The summed E-state index contributed by atoms with van der Waals surface area (Å²) < 4.78 is 2.89. The monoisotopic (exact) mass is 837 g/mol. The van der Waals surface area contributed by atoms with Crippen molar-refractivity contribution in [3.63, 3.8) is 0 Å². The van der Waals surface area contributed by atoms with E-state index in [2.05, 4.69) is 211 Å². The number of aryl methyl sites for hydroxylation is 2. The van der Waals surface area contributed by atoms with Crippen molar-refractivity contribution in [1.82, 2.24) is 0 Å². The molecule has 4 aliphatic rings. The molecule has 320 valence electrons. The lowest BCUT2D eigenvalue weighted by Crippen LogP contribution is -2.60. The minimum atomic E-state index is 0.00411. The van der Waals surface area contributed by atoms with Crippen LogP contribution in [0.25, 0.3) is 10.1 Å². The third kappa shape index (κ3) is 6.15. The molecule has 2 aliphatic heterocycles. The maximum absolute atomic E-state index is 2.73. The minimum Gasteiger partial charge on any atom is -0.311 e. The van der Waals surface area contributed by atoms with E-state index in [1.54, 1.807) is 0 Å². The van der Waals surface area contributed by atoms with Crippen LogP contribution in [0.3, 0.4) is 0 Å². The SMILES string of the molecule is Cc1cc2c3c(c1)N(c1ccc4c(c1)C(C)(C)CCC4(C)C)c1c(sc4cc5c(cc14)C(C)(C)CCC5(C)C)B3c1cc(C(C)(C)C)ccc1N2c1ccc(C(C)(C)C)cc1C. The highest BCUT2D eigenvalue weighted by atomic mass is 32.1. The van der Waals surface area contributed by atoms with Gasteiger partial charge in [0, 0.05) is 43.3 Å². The van der Waals surface area contributed by atoms with Crippen LogP contribution in [0.5, 0.6) is 0 Å². The number of rotatable bonds is 2. The van der Waals surface area contributed by atoms with Crippen LogP contribution in [0.4, 0.5) is 34.1 Å². The molecule has 0 atom stereocenters. The summed E-state index contributed by atoms with van der Waals surface area (Å²) >= 11 is 2.06. The number of thiophene rings is 1. The Morgan fingerprint density at radius 1 is 0.516 bits per heavy atom. The van der Waals surface area contributed by atoms with Crippen LogP contribution in [0.2, 0.25) is 0 Å². The first-order valence-electron chi connectivity index (χ1n) is 23.6. The molecule has 0 bridgehead atoms. The van der Waals surface area contributed by atoms with Gasteiger partial charge in [-0.25, -0.2) is 0 Å². The van der Waals surface area contributed by atoms with Gasteiger partial charge in [-0.15, -0.1) is 11.3 Å². The predicted octanol–water partition coefficient (Wildman–Crippen LogP) is 14.9. The first-order valence-corrected chi connectivity index (χ1v) is 24.4. The number of anilines is 6. The van der Waals surface area contributed by atoms with Crippen LogP contribution in [-0.2, 0) is 32.5 Å². The fourth-order valence-corrected chi connectivity index (χ4v) is 13.1. The zero-order valence-corrected chi connectivity index (χ0v) is 41.5. The maximum atomic E-state index is 2.73. The fourth-order valence-electron chi connectivity index (χ4n) is 11.8. The van der Waals surface area contributed by atoms with Crippen LogP contribution in [0.1, 0.15) is 167 Å². The molecule has 62 heavy (non-hydrogen) atoms. The summed E-state index contributed by atoms with van der Waals surface area (Å²) in [5.74, 6) is 0. The van der Waals surface area contributed by atoms with Gasteiger partial charge in [0.15, 0.2) is 0 Å². The van der Waals surface area contributed by atoms with Gasteiger partial charge in [-0.1, -0.05) is 127 Å². The van der Waals surface area contributed by atoms with Gasteiger partial charge in [-0.3, -0.25) is 0 Å². The highest BCUT2D eigenvalue weighted by Crippen LogP contribution is 2.54. The van der Waals surface area contributed by atoms with E-state index >= 15 is 0 Å². The van der Waals surface area contributed by atoms with Gasteiger partial charge in [0.1, 0.15) is 0 Å². The third-order valence-corrected chi connectivity index (χ3v) is 17.2. The van der Waals surface area contributed by atoms with Crippen molar-refractivity contribution < 1.29 is 0 Å². The van der Waals surface area contributed by atoms with Crippen molar-refractivity contribution in [3.8, 4) is 0 Å². The molecule has 4 heteroatoms. The predicted molar refractivity (Wildman–Crippen MR) is 273 cm³/mol. The molecule has 0 saturated carbocycles. The van der Waals surface area contributed by atoms with Crippen LogP contribution < -0.4 is 25.5 Å². The molecular formula is C58H69BN2S. The molecule has 0 radical (unpaired) electrons. The van der Waals surface area contributed by atoms with Crippen LogP contribution in [0.15, 0.2) is 78.9 Å². The summed E-state index contributed by atoms with van der Waals surface area (Å²) in [5, 5.41) is 1.41. The average molecular weight is 837 g/mol. The first kappa shape index (κ1) is 41.7. The van der Waals surface area contributed by atoms with Crippen molar-refractivity contribution in [1.29, 1.82) is 0 Å². The Kier molecular flexibility index (Phi) is 8.85. The molecular weight excluding hydrogens is 768 g/mol. The second kappa shape index (κ2) is 13.2. The largest absolute Gasteiger partial charge is 0.311 e. The topological polar surface area (TPSA) is 6.48 Å². The number of benzene rings is 5. The van der Waals surface area contributed by atoms with Gasteiger partial charge in [0.25, 0.3) is 6.71 Å². The van der Waals surface area contributed by atoms with Gasteiger partial charge < -0.3 is 9.80 Å². The van der Waals surface area contributed by atoms with Crippen molar-refractivity contribution in [2.75, 3.05) is 9.80 Å². The Labute approximate surface area is 378 Å². The Morgan fingerprint density at radius 2 is 1.03 bits per heavy atom. The quantitative estimate of drug-likeness (QED) is 0.160. The van der Waals surface area contributed by atoms with Crippen LogP contribution in [-0.4, -0.2) is 6.71 Å². The Balaban J connectivity index is 1.34. The van der Waals surface area contributed by atoms with E-state index in [0.717, 1.165) is 0 Å². The molecule has 0 spiro atoms. The van der Waals surface area contributed by atoms with E-state index in [1.165, 1.54) is 130 Å². The molecule has 10 rings (SSSR count). The average Bonchev–Trinajstić information content (AvgIpc) is 3.55. The summed E-state index contributed by atoms with van der Waals surface area (Å²) in [6, 6.07) is 32.5. The molecule has 0 N–H and O–H groups in total. The maximum Gasteiger partial charge on any atom is 0.264 e. The standard InChI is InChI=1S/C58H69BN2S/c1-34-27-47-50-48(28-34)61(45-21-17-36(29-35(45)2)53(3,4)5)46-22-18-37(54(6,7)8)30-44(46)59(50)52-51(39-32-42-43(33-49(39)62-52)58(15,16)26-25-57(42,13)14)60(47)38-19-20-40-41(31-38)56(11,12)24-23-55(40,9)10/h17-22,27-33H,23-26H2,1-16H3. The van der Waals surface area contributed by atoms with Crippen molar-refractivity contribution in [3.05, 3.63) is 123 Å². The number of nitrogens with zero attached hydrogens (tertiary/aromatic N) is 2. The second-order valence-electron chi connectivity index (χ2n) is 24.6. The molecule has 0 amide bonds. The van der Waals surface area contributed by atoms with Gasteiger partial charge in [-0.2, -0.15) is 0 Å². The molecule has 0 fully saturated rings. The molecule has 5 aromatic carbocycles. The lowest BCUT2D eigenvalue weighted by molar-refractivity contribution is 0.332. The molecule has 1 aromatic heterocycles. The highest BCUT2D eigenvalue weighted by Gasteiger charge is 2.48. The molecule has 6 aromatic rings. The Bertz CT molecular complexity index is 2870. The van der Waals surface area contributed by atoms with Crippen LogP contribution in [0, 0.1) is 13.8 Å². The minimum absolute atomic E-state index is 0.00411. The lowest BCUT2D eigenvalue weighted by atomic mass is 9.36. The van der Waals surface area contributed by atoms with Gasteiger partial charge >= 0.3 is 0 Å². The number of fused-ring (bicyclic) bond motifs is 8. The summed E-state index contributed by atoms with van der Waals surface area (Å²) in [6.07, 6.45) is 4.81. The zero-order chi connectivity index (χ0) is 44.4. The fraction of sp³-hybridized carbons (Fsp3) is 0.448. The van der Waals surface area contributed by atoms with E-state index in [0.29, 0.717) is 0 Å². The summed E-state index contributed by atoms with van der Waals surface area (Å²) in [6.45, 7) is 38.6. The second-order valence-corrected chi connectivity index (χ2v) is 25.7. The highest BCUT2D eigenvalue weighted by molar-refractivity contribution is 7.33. The van der Waals surface area contributed by atoms with E-state index in [1.807, 2.05) is 0 Å². The summed E-state index contributed by atoms with van der Waals surface area (Å²) in [5.41, 5.74) is 22.7. The van der Waals surface area contributed by atoms with Gasteiger partial charge in [-0.05, 0) is 176 Å². The van der Waals surface area contributed by atoms with E-state index in [-0.39, 0.29) is 39.2 Å². The molecule has 0 saturated heterocycles. The van der Waals surface area contributed by atoms with Crippen molar-refractivity contribution in [2.24, 2.45) is 0 Å². The number of hydrogen-bond acceptors (Lipinski definition) is 3. The molecule has 3 heterocycles. The van der Waals surface area contributed by atoms with Crippen molar-refractivity contribution in [2.45, 2.75) is 169 Å². The Morgan fingerprint density at radius 3 is 1.61 bits per heavy atom. The summed E-state index contributed by atoms with van der Waals surface area (Å²) in [4.78, 5) is 5.36. The third-order valence-electron chi connectivity index (χ3n) is 16.0. The van der Waals surface area contributed by atoms with Gasteiger partial charge in [0.05, 0.1) is 5.69 Å². The molecule has 2 nitrogen and oxygen atoms in total.